The average Bonchev–Trinajstić information content (AvgIpc) is 3.19. The largest absolute Gasteiger partial charge is 0.463 e. The van der Waals surface area contributed by atoms with Gasteiger partial charge in [0.25, 0.3) is 5.91 Å². The van der Waals surface area contributed by atoms with Gasteiger partial charge in [0, 0.05) is 5.39 Å². The van der Waals surface area contributed by atoms with E-state index in [0.29, 0.717) is 27.9 Å². The Morgan fingerprint density at radius 3 is 2.65 bits per heavy atom. The van der Waals surface area contributed by atoms with Crippen molar-refractivity contribution in [3.05, 3.63) is 54.3 Å². The van der Waals surface area contributed by atoms with E-state index in [1.807, 2.05) is 38.1 Å². The lowest BCUT2D eigenvalue weighted by atomic mass is 9.97. The molecule has 0 bridgehead atoms. The van der Waals surface area contributed by atoms with Crippen LogP contribution in [0.5, 0.6) is 0 Å². The second-order valence-corrected chi connectivity index (χ2v) is 6.29. The molecule has 2 amide bonds. The zero-order valence-electron chi connectivity index (χ0n) is 14.7. The number of furan rings is 1. The highest BCUT2D eigenvalue weighted by Gasteiger charge is 2.25. The van der Waals surface area contributed by atoms with E-state index in [1.54, 1.807) is 24.5 Å². The van der Waals surface area contributed by atoms with Gasteiger partial charge in [-0.05, 0) is 30.2 Å². The quantitative estimate of drug-likeness (QED) is 0.713. The Morgan fingerprint density at radius 1 is 1.23 bits per heavy atom. The number of hydrogen-bond acceptors (Lipinski definition) is 4. The zero-order valence-corrected chi connectivity index (χ0v) is 14.7. The molecule has 1 aromatic carbocycles. The number of rotatable bonds is 6. The Morgan fingerprint density at radius 2 is 2.00 bits per heavy atom. The summed E-state index contributed by atoms with van der Waals surface area (Å²) >= 11 is 0. The third kappa shape index (κ3) is 3.44. The van der Waals surface area contributed by atoms with Gasteiger partial charge in [-0.1, -0.05) is 38.5 Å². The lowest BCUT2D eigenvalue weighted by molar-refractivity contribution is -0.120. The highest BCUT2D eigenvalue weighted by atomic mass is 16.3. The second-order valence-electron chi connectivity index (χ2n) is 6.29. The van der Waals surface area contributed by atoms with E-state index in [2.05, 4.69) is 10.3 Å². The van der Waals surface area contributed by atoms with Crippen molar-refractivity contribution in [1.82, 2.24) is 10.3 Å². The molecule has 0 spiro atoms. The summed E-state index contributed by atoms with van der Waals surface area (Å²) in [7, 11) is 0. The number of fused-ring (bicyclic) bond motifs is 1. The number of aromatic nitrogens is 1. The summed E-state index contributed by atoms with van der Waals surface area (Å²) in [4.78, 5) is 29.3. The third-order valence-electron chi connectivity index (χ3n) is 4.54. The first kappa shape index (κ1) is 17.7. The number of primary amides is 1. The predicted octanol–water partition coefficient (Wildman–Crippen LogP) is 3.12. The molecule has 0 aliphatic carbocycles. The summed E-state index contributed by atoms with van der Waals surface area (Å²) in [6.07, 6.45) is 2.28. The van der Waals surface area contributed by atoms with Gasteiger partial charge in [0.2, 0.25) is 5.91 Å². The topological polar surface area (TPSA) is 98.2 Å². The highest BCUT2D eigenvalue weighted by molar-refractivity contribution is 6.08. The van der Waals surface area contributed by atoms with E-state index in [1.165, 1.54) is 0 Å². The van der Waals surface area contributed by atoms with Crippen molar-refractivity contribution in [2.45, 2.75) is 26.3 Å². The van der Waals surface area contributed by atoms with E-state index < -0.39 is 11.9 Å². The van der Waals surface area contributed by atoms with Gasteiger partial charge >= 0.3 is 0 Å². The molecule has 6 nitrogen and oxygen atoms in total. The van der Waals surface area contributed by atoms with Crippen LogP contribution in [0.4, 0.5) is 0 Å². The number of amides is 2. The van der Waals surface area contributed by atoms with Gasteiger partial charge < -0.3 is 15.5 Å². The van der Waals surface area contributed by atoms with Crippen LogP contribution in [0, 0.1) is 5.92 Å². The number of nitrogens with one attached hydrogen (secondary N) is 1. The molecule has 2 unspecified atom stereocenters. The van der Waals surface area contributed by atoms with Gasteiger partial charge in [0.1, 0.15) is 11.7 Å². The number of carbonyl (C=O) groups is 2. The maximum atomic E-state index is 12.9. The minimum Gasteiger partial charge on any atom is -0.463 e. The van der Waals surface area contributed by atoms with Crippen LogP contribution >= 0.6 is 0 Å². The molecule has 0 radical (unpaired) electrons. The summed E-state index contributed by atoms with van der Waals surface area (Å²) < 4.78 is 5.41. The van der Waals surface area contributed by atoms with Crippen LogP contribution in [0.3, 0.4) is 0 Å². The van der Waals surface area contributed by atoms with Crippen LogP contribution in [0.15, 0.2) is 53.1 Å². The summed E-state index contributed by atoms with van der Waals surface area (Å²) in [6, 6.07) is 11.8. The normalized spacial score (nSPS) is 13.3. The molecule has 0 fully saturated rings. The standard InChI is InChI=1S/C20H21N3O3/c1-3-12(2)18(19(21)24)23-20(25)14-11-16(17-9-6-10-26-17)22-15-8-5-4-7-13(14)15/h4-12,18H,3H2,1-2H3,(H2,21,24)(H,23,25). The molecular formula is C20H21N3O3. The van der Waals surface area contributed by atoms with Crippen molar-refractivity contribution in [3.63, 3.8) is 0 Å². The first-order valence-electron chi connectivity index (χ1n) is 8.55. The maximum absolute atomic E-state index is 12.9. The van der Waals surface area contributed by atoms with Gasteiger partial charge in [0.15, 0.2) is 5.76 Å². The Hall–Kier alpha value is -3.15. The first-order chi connectivity index (χ1) is 12.5. The molecule has 3 N–H and O–H groups in total. The van der Waals surface area contributed by atoms with Gasteiger partial charge in [-0.3, -0.25) is 9.59 Å². The number of nitrogens with zero attached hydrogens (tertiary/aromatic N) is 1. The Balaban J connectivity index is 2.05. The number of nitrogens with two attached hydrogens (primary N) is 1. The van der Waals surface area contributed by atoms with Crippen LogP contribution in [-0.2, 0) is 4.79 Å². The fourth-order valence-corrected chi connectivity index (χ4v) is 2.86. The van der Waals surface area contributed by atoms with Crippen molar-refractivity contribution in [3.8, 4) is 11.5 Å². The molecule has 2 atom stereocenters. The van der Waals surface area contributed by atoms with Crippen LogP contribution < -0.4 is 11.1 Å². The summed E-state index contributed by atoms with van der Waals surface area (Å²) in [5, 5.41) is 3.48. The van der Waals surface area contributed by atoms with Crippen molar-refractivity contribution in [2.24, 2.45) is 11.7 Å². The number of hydrogen-bond donors (Lipinski definition) is 2. The number of para-hydroxylation sites is 1. The van der Waals surface area contributed by atoms with Crippen LogP contribution in [-0.4, -0.2) is 22.8 Å². The fourth-order valence-electron chi connectivity index (χ4n) is 2.86. The zero-order chi connectivity index (χ0) is 18.7. The van der Waals surface area contributed by atoms with E-state index in [-0.39, 0.29) is 11.8 Å². The average molecular weight is 351 g/mol. The molecule has 2 aromatic heterocycles. The SMILES string of the molecule is CCC(C)C(NC(=O)c1cc(-c2ccco2)nc2ccccc12)C(N)=O. The fraction of sp³-hybridized carbons (Fsp3) is 0.250. The maximum Gasteiger partial charge on any atom is 0.252 e. The highest BCUT2D eigenvalue weighted by Crippen LogP contribution is 2.25. The van der Waals surface area contributed by atoms with E-state index >= 15 is 0 Å². The van der Waals surface area contributed by atoms with Crippen molar-refractivity contribution in [2.75, 3.05) is 0 Å². The Labute approximate surface area is 151 Å². The van der Waals surface area contributed by atoms with Crippen molar-refractivity contribution < 1.29 is 14.0 Å². The van der Waals surface area contributed by atoms with Crippen LogP contribution in [0.2, 0.25) is 0 Å². The van der Waals surface area contributed by atoms with Gasteiger partial charge in [0.05, 0.1) is 17.3 Å². The first-order valence-corrected chi connectivity index (χ1v) is 8.55. The molecule has 26 heavy (non-hydrogen) atoms. The molecule has 0 aliphatic heterocycles. The monoisotopic (exact) mass is 351 g/mol. The number of pyridine rings is 1. The third-order valence-corrected chi connectivity index (χ3v) is 4.54. The second kappa shape index (κ2) is 7.39. The summed E-state index contributed by atoms with van der Waals surface area (Å²) in [5.41, 5.74) is 7.13. The van der Waals surface area contributed by atoms with Gasteiger partial charge in [-0.25, -0.2) is 4.98 Å². The predicted molar refractivity (Wildman–Crippen MR) is 99.3 cm³/mol. The lowest BCUT2D eigenvalue weighted by Crippen LogP contribution is -2.48. The Bertz CT molecular complexity index is 935. The smallest absolute Gasteiger partial charge is 0.252 e. The van der Waals surface area contributed by atoms with Crippen molar-refractivity contribution in [1.29, 1.82) is 0 Å². The molecular weight excluding hydrogens is 330 g/mol. The summed E-state index contributed by atoms with van der Waals surface area (Å²) in [6.45, 7) is 3.83. The molecule has 134 valence electrons. The van der Waals surface area contributed by atoms with E-state index in [4.69, 9.17) is 10.2 Å². The number of benzene rings is 1. The molecule has 0 aliphatic rings. The minimum atomic E-state index is -0.730. The lowest BCUT2D eigenvalue weighted by Gasteiger charge is -2.21. The van der Waals surface area contributed by atoms with Crippen LogP contribution in [0.25, 0.3) is 22.4 Å². The molecule has 0 saturated carbocycles. The van der Waals surface area contributed by atoms with Gasteiger partial charge in [-0.2, -0.15) is 0 Å². The van der Waals surface area contributed by atoms with Gasteiger partial charge in [-0.15, -0.1) is 0 Å². The molecule has 2 heterocycles. The molecule has 6 heteroatoms. The molecule has 0 saturated heterocycles. The van der Waals surface area contributed by atoms with E-state index in [0.717, 1.165) is 6.42 Å². The Kier molecular flexibility index (Phi) is 5.02. The van der Waals surface area contributed by atoms with Crippen molar-refractivity contribution >= 4 is 22.7 Å². The minimum absolute atomic E-state index is 0.0610. The van der Waals surface area contributed by atoms with E-state index in [9.17, 15) is 9.59 Å². The summed E-state index contributed by atoms with van der Waals surface area (Å²) in [5.74, 6) is -0.398. The molecule has 3 rings (SSSR count). The number of carbonyl (C=O) groups excluding carboxylic acids is 2. The molecule has 3 aromatic rings. The van der Waals surface area contributed by atoms with Crippen LogP contribution in [0.1, 0.15) is 30.6 Å².